The highest BCUT2D eigenvalue weighted by Gasteiger charge is 2.20. The SMILES string of the molecule is COC(CNC(=O)C(C)Sc1ccc(Cl)cc1)C(=O)O. The van der Waals surface area contributed by atoms with Crippen molar-refractivity contribution in [3.63, 3.8) is 0 Å². The minimum Gasteiger partial charge on any atom is -0.479 e. The monoisotopic (exact) mass is 317 g/mol. The number of rotatable bonds is 7. The summed E-state index contributed by atoms with van der Waals surface area (Å²) in [6.45, 7) is 1.69. The smallest absolute Gasteiger partial charge is 0.334 e. The van der Waals surface area contributed by atoms with Gasteiger partial charge in [0, 0.05) is 17.0 Å². The van der Waals surface area contributed by atoms with Gasteiger partial charge in [0.15, 0.2) is 6.10 Å². The zero-order chi connectivity index (χ0) is 15.1. The highest BCUT2D eigenvalue weighted by atomic mass is 35.5. The molecule has 2 N–H and O–H groups in total. The topological polar surface area (TPSA) is 75.6 Å². The van der Waals surface area contributed by atoms with Gasteiger partial charge in [-0.1, -0.05) is 11.6 Å². The molecule has 110 valence electrons. The maximum atomic E-state index is 11.9. The number of aliphatic carboxylic acids is 1. The molecule has 0 saturated carbocycles. The molecule has 0 aromatic heterocycles. The summed E-state index contributed by atoms with van der Waals surface area (Å²) in [6.07, 6.45) is -1.04. The molecular weight excluding hydrogens is 302 g/mol. The third-order valence-electron chi connectivity index (χ3n) is 2.52. The van der Waals surface area contributed by atoms with E-state index in [0.717, 1.165) is 4.90 Å². The highest BCUT2D eigenvalue weighted by molar-refractivity contribution is 8.00. The Kier molecular flexibility index (Phi) is 6.84. The van der Waals surface area contributed by atoms with Gasteiger partial charge in [-0.25, -0.2) is 4.79 Å². The second-order valence-corrected chi connectivity index (χ2v) is 5.87. The number of benzene rings is 1. The Labute approximate surface area is 126 Å². The number of carbonyl (C=O) groups excluding carboxylic acids is 1. The standard InChI is InChI=1S/C13H16ClNO4S/c1-8(20-10-5-3-9(14)4-6-10)12(16)15-7-11(19-2)13(17)18/h3-6,8,11H,7H2,1-2H3,(H,15,16)(H,17,18). The van der Waals surface area contributed by atoms with Gasteiger partial charge in [-0.15, -0.1) is 11.8 Å². The molecule has 20 heavy (non-hydrogen) atoms. The van der Waals surface area contributed by atoms with Crippen molar-refractivity contribution >= 4 is 35.2 Å². The van der Waals surface area contributed by atoms with Crippen molar-refractivity contribution in [2.24, 2.45) is 0 Å². The summed E-state index contributed by atoms with van der Waals surface area (Å²) < 4.78 is 4.74. The molecule has 0 aliphatic heterocycles. The number of carbonyl (C=O) groups is 2. The normalized spacial score (nSPS) is 13.6. The summed E-state index contributed by atoms with van der Waals surface area (Å²) in [4.78, 5) is 23.5. The zero-order valence-corrected chi connectivity index (χ0v) is 12.7. The number of methoxy groups -OCH3 is 1. The van der Waals surface area contributed by atoms with E-state index in [1.807, 2.05) is 12.1 Å². The van der Waals surface area contributed by atoms with E-state index >= 15 is 0 Å². The van der Waals surface area contributed by atoms with Crippen LogP contribution in [-0.2, 0) is 14.3 Å². The minimum atomic E-state index is -1.11. The Morgan fingerprint density at radius 3 is 2.50 bits per heavy atom. The maximum Gasteiger partial charge on any atom is 0.334 e. The number of nitrogens with one attached hydrogen (secondary N) is 1. The summed E-state index contributed by atoms with van der Waals surface area (Å²) in [5.74, 6) is -1.35. The lowest BCUT2D eigenvalue weighted by Crippen LogP contribution is -2.40. The molecule has 2 unspecified atom stereocenters. The van der Waals surface area contributed by atoms with E-state index in [4.69, 9.17) is 21.4 Å². The van der Waals surface area contributed by atoms with Gasteiger partial charge in [-0.2, -0.15) is 0 Å². The van der Waals surface area contributed by atoms with Gasteiger partial charge in [0.1, 0.15) is 0 Å². The first kappa shape index (κ1) is 16.8. The lowest BCUT2D eigenvalue weighted by Gasteiger charge is -2.15. The molecule has 0 saturated heterocycles. The van der Waals surface area contributed by atoms with Crippen LogP contribution in [0.15, 0.2) is 29.2 Å². The van der Waals surface area contributed by atoms with Gasteiger partial charge >= 0.3 is 5.97 Å². The molecule has 0 fully saturated rings. The van der Waals surface area contributed by atoms with E-state index in [1.54, 1.807) is 19.1 Å². The first-order valence-corrected chi connectivity index (χ1v) is 7.15. The molecular formula is C13H16ClNO4S. The Morgan fingerprint density at radius 2 is 2.00 bits per heavy atom. The number of carboxylic acid groups (broad SMARTS) is 1. The van der Waals surface area contributed by atoms with Crippen LogP contribution >= 0.6 is 23.4 Å². The zero-order valence-electron chi connectivity index (χ0n) is 11.1. The molecule has 0 aliphatic rings. The molecule has 0 radical (unpaired) electrons. The molecule has 7 heteroatoms. The Balaban J connectivity index is 2.46. The van der Waals surface area contributed by atoms with Gasteiger partial charge < -0.3 is 15.2 Å². The average Bonchev–Trinajstić information content (AvgIpc) is 2.41. The largest absolute Gasteiger partial charge is 0.479 e. The second kappa shape index (κ2) is 8.14. The molecule has 1 amide bonds. The number of carboxylic acids is 1. The van der Waals surface area contributed by atoms with E-state index < -0.39 is 12.1 Å². The van der Waals surface area contributed by atoms with Crippen molar-refractivity contribution in [3.8, 4) is 0 Å². The number of hydrogen-bond acceptors (Lipinski definition) is 4. The summed E-state index contributed by atoms with van der Waals surface area (Å²) >= 11 is 7.15. The number of thioether (sulfide) groups is 1. The van der Waals surface area contributed by atoms with E-state index in [2.05, 4.69) is 5.32 Å². The van der Waals surface area contributed by atoms with Crippen LogP contribution in [0.1, 0.15) is 6.92 Å². The van der Waals surface area contributed by atoms with Crippen LogP contribution in [0.25, 0.3) is 0 Å². The Hall–Kier alpha value is -1.24. The van der Waals surface area contributed by atoms with Crippen molar-refractivity contribution in [3.05, 3.63) is 29.3 Å². The molecule has 0 aliphatic carbocycles. The van der Waals surface area contributed by atoms with Gasteiger partial charge in [0.05, 0.1) is 11.8 Å². The van der Waals surface area contributed by atoms with Crippen LogP contribution in [0, 0.1) is 0 Å². The summed E-state index contributed by atoms with van der Waals surface area (Å²) in [6, 6.07) is 7.15. The van der Waals surface area contributed by atoms with Crippen molar-refractivity contribution in [2.45, 2.75) is 23.2 Å². The van der Waals surface area contributed by atoms with Crippen LogP contribution in [0.2, 0.25) is 5.02 Å². The van der Waals surface area contributed by atoms with E-state index in [0.29, 0.717) is 5.02 Å². The summed E-state index contributed by atoms with van der Waals surface area (Å²) in [7, 11) is 1.29. The Bertz CT molecular complexity index is 466. The summed E-state index contributed by atoms with van der Waals surface area (Å²) in [5.41, 5.74) is 0. The van der Waals surface area contributed by atoms with Crippen LogP contribution < -0.4 is 5.32 Å². The van der Waals surface area contributed by atoms with Crippen molar-refractivity contribution in [1.29, 1.82) is 0 Å². The minimum absolute atomic E-state index is 0.0593. The van der Waals surface area contributed by atoms with Crippen LogP contribution in [0.5, 0.6) is 0 Å². The molecule has 0 bridgehead atoms. The van der Waals surface area contributed by atoms with Crippen molar-refractivity contribution in [2.75, 3.05) is 13.7 Å². The third kappa shape index (κ3) is 5.40. The predicted molar refractivity (Wildman–Crippen MR) is 78.2 cm³/mol. The lowest BCUT2D eigenvalue weighted by atomic mass is 10.3. The molecule has 1 aromatic rings. The van der Waals surface area contributed by atoms with E-state index in [9.17, 15) is 9.59 Å². The predicted octanol–water partition coefficient (Wildman–Crippen LogP) is 2.04. The lowest BCUT2D eigenvalue weighted by molar-refractivity contribution is -0.148. The van der Waals surface area contributed by atoms with Crippen LogP contribution in [-0.4, -0.2) is 42.0 Å². The van der Waals surface area contributed by atoms with Crippen molar-refractivity contribution < 1.29 is 19.4 Å². The number of ether oxygens (including phenoxy) is 1. The van der Waals surface area contributed by atoms with Gasteiger partial charge in [0.2, 0.25) is 5.91 Å². The molecule has 2 atom stereocenters. The first-order chi connectivity index (χ1) is 9.43. The van der Waals surface area contributed by atoms with Crippen LogP contribution in [0.3, 0.4) is 0 Å². The molecule has 5 nitrogen and oxygen atoms in total. The molecule has 1 rings (SSSR count). The Morgan fingerprint density at radius 1 is 1.40 bits per heavy atom. The van der Waals surface area contributed by atoms with Gasteiger partial charge in [-0.05, 0) is 31.2 Å². The van der Waals surface area contributed by atoms with E-state index in [1.165, 1.54) is 18.9 Å². The third-order valence-corrected chi connectivity index (χ3v) is 3.88. The van der Waals surface area contributed by atoms with Gasteiger partial charge in [0.25, 0.3) is 0 Å². The maximum absolute atomic E-state index is 11.9. The second-order valence-electron chi connectivity index (χ2n) is 4.02. The fraction of sp³-hybridized carbons (Fsp3) is 0.385. The quantitative estimate of drug-likeness (QED) is 0.753. The van der Waals surface area contributed by atoms with E-state index in [-0.39, 0.29) is 17.7 Å². The summed E-state index contributed by atoms with van der Waals surface area (Å²) in [5, 5.41) is 11.6. The number of hydrogen-bond donors (Lipinski definition) is 2. The van der Waals surface area contributed by atoms with Gasteiger partial charge in [-0.3, -0.25) is 4.79 Å². The average molecular weight is 318 g/mol. The van der Waals surface area contributed by atoms with Crippen molar-refractivity contribution in [1.82, 2.24) is 5.32 Å². The fourth-order valence-electron chi connectivity index (χ4n) is 1.38. The number of amides is 1. The molecule has 0 spiro atoms. The fourth-order valence-corrected chi connectivity index (χ4v) is 2.40. The molecule has 0 heterocycles. The highest BCUT2D eigenvalue weighted by Crippen LogP contribution is 2.24. The number of halogens is 1. The molecule has 1 aromatic carbocycles. The first-order valence-electron chi connectivity index (χ1n) is 5.89. The van der Waals surface area contributed by atoms with Crippen LogP contribution in [0.4, 0.5) is 0 Å².